The molecule has 2 amide bonds. The third-order valence-electron chi connectivity index (χ3n) is 5.43. The topological polar surface area (TPSA) is 92.2 Å². The van der Waals surface area contributed by atoms with Crippen molar-refractivity contribution in [1.82, 2.24) is 30.5 Å². The van der Waals surface area contributed by atoms with Crippen molar-refractivity contribution < 1.29 is 9.59 Å². The third-order valence-corrected chi connectivity index (χ3v) is 5.43. The predicted molar refractivity (Wildman–Crippen MR) is 100 cm³/mol. The molecule has 2 heterocycles. The van der Waals surface area contributed by atoms with Crippen LogP contribution in [0.1, 0.15) is 55.1 Å². The fourth-order valence-electron chi connectivity index (χ4n) is 3.96. The summed E-state index contributed by atoms with van der Waals surface area (Å²) in [6.07, 6.45) is 7.41. The molecule has 3 rings (SSSR count). The molecule has 1 aromatic rings. The molecule has 2 N–H and O–H groups in total. The van der Waals surface area contributed by atoms with Crippen LogP contribution < -0.4 is 10.6 Å². The molecule has 2 aliphatic rings. The second-order valence-corrected chi connectivity index (χ2v) is 7.43. The van der Waals surface area contributed by atoms with E-state index in [0.717, 1.165) is 51.6 Å². The maximum atomic E-state index is 12.6. The molecule has 0 atom stereocenters. The van der Waals surface area contributed by atoms with Crippen molar-refractivity contribution in [2.75, 3.05) is 33.7 Å². The van der Waals surface area contributed by atoms with E-state index in [2.05, 4.69) is 20.9 Å². The lowest BCUT2D eigenvalue weighted by atomic mass is 9.84. The maximum absolute atomic E-state index is 12.6. The van der Waals surface area contributed by atoms with Crippen LogP contribution in [0.5, 0.6) is 0 Å². The highest BCUT2D eigenvalue weighted by Crippen LogP contribution is 2.38. The van der Waals surface area contributed by atoms with Crippen LogP contribution in [0.15, 0.2) is 6.20 Å². The summed E-state index contributed by atoms with van der Waals surface area (Å²) >= 11 is 0. The number of nitrogens with one attached hydrogen (secondary N) is 2. The number of hydrogen-bond donors (Lipinski definition) is 2. The minimum absolute atomic E-state index is 0. The summed E-state index contributed by atoms with van der Waals surface area (Å²) in [4.78, 5) is 26.7. The molecule has 0 unspecified atom stereocenters. The number of hydrogen-bond acceptors (Lipinski definition) is 5. The normalized spacial score (nSPS) is 19.6. The van der Waals surface area contributed by atoms with Crippen molar-refractivity contribution in [3.8, 4) is 0 Å². The maximum Gasteiger partial charge on any atom is 0.273 e. The molecule has 0 bridgehead atoms. The number of piperidine rings is 1. The van der Waals surface area contributed by atoms with Gasteiger partial charge >= 0.3 is 0 Å². The van der Waals surface area contributed by atoms with E-state index < -0.39 is 5.41 Å². The molecule has 146 valence electrons. The fraction of sp³-hybridized carbons (Fsp3) is 0.765. The Morgan fingerprint density at radius 3 is 2.58 bits per heavy atom. The smallest absolute Gasteiger partial charge is 0.273 e. The Kier molecular flexibility index (Phi) is 7.00. The molecule has 1 aliphatic heterocycles. The van der Waals surface area contributed by atoms with E-state index in [4.69, 9.17) is 0 Å². The molecule has 0 aromatic carbocycles. The van der Waals surface area contributed by atoms with Crippen molar-refractivity contribution >= 4 is 24.2 Å². The van der Waals surface area contributed by atoms with E-state index in [1.54, 1.807) is 29.9 Å². The molecule has 1 aliphatic carbocycles. The van der Waals surface area contributed by atoms with Crippen molar-refractivity contribution in [3.63, 3.8) is 0 Å². The van der Waals surface area contributed by atoms with Gasteiger partial charge in [0.25, 0.3) is 5.91 Å². The van der Waals surface area contributed by atoms with E-state index in [1.165, 1.54) is 0 Å². The zero-order valence-electron chi connectivity index (χ0n) is 15.5. The van der Waals surface area contributed by atoms with Crippen molar-refractivity contribution in [2.24, 2.45) is 5.41 Å². The van der Waals surface area contributed by atoms with Crippen LogP contribution in [0, 0.1) is 5.41 Å². The van der Waals surface area contributed by atoms with Gasteiger partial charge in [-0.3, -0.25) is 9.59 Å². The van der Waals surface area contributed by atoms with Gasteiger partial charge in [0, 0.05) is 20.6 Å². The summed E-state index contributed by atoms with van der Waals surface area (Å²) in [5.41, 5.74) is -0.145. The molecule has 0 spiro atoms. The summed E-state index contributed by atoms with van der Waals surface area (Å²) in [5, 5.41) is 14.4. The van der Waals surface area contributed by atoms with Crippen molar-refractivity contribution in [2.45, 2.75) is 44.6 Å². The lowest BCUT2D eigenvalue weighted by Crippen LogP contribution is -2.46. The standard InChI is InChI=1S/C17H28N6O2.ClH/c1-22(2)16(25)17(7-3-4-8-17)12-19-15(24)14-11-23(21-20-14)13-5-9-18-10-6-13;/h11,13,18H,3-10,12H2,1-2H3,(H,19,24);1H. The molecule has 2 fully saturated rings. The first kappa shape index (κ1) is 20.6. The first-order valence-electron chi connectivity index (χ1n) is 9.14. The number of rotatable bonds is 5. The summed E-state index contributed by atoms with van der Waals surface area (Å²) in [6.45, 7) is 2.28. The minimum atomic E-state index is -0.468. The number of carbonyl (C=O) groups is 2. The molecule has 1 saturated heterocycles. The summed E-state index contributed by atoms with van der Waals surface area (Å²) in [5.74, 6) is -0.151. The van der Waals surface area contributed by atoms with Crippen LogP contribution in [0.4, 0.5) is 0 Å². The Morgan fingerprint density at radius 1 is 1.31 bits per heavy atom. The van der Waals surface area contributed by atoms with E-state index >= 15 is 0 Å². The van der Waals surface area contributed by atoms with Gasteiger partial charge in [-0.2, -0.15) is 0 Å². The first-order chi connectivity index (χ1) is 12.0. The molecule has 1 saturated carbocycles. The SMILES string of the molecule is CN(C)C(=O)C1(CNC(=O)c2cn(C3CCNCC3)nn2)CCCC1.Cl. The molecule has 8 nitrogen and oxygen atoms in total. The van der Waals surface area contributed by atoms with Crippen molar-refractivity contribution in [3.05, 3.63) is 11.9 Å². The van der Waals surface area contributed by atoms with E-state index in [1.807, 2.05) is 0 Å². The summed E-state index contributed by atoms with van der Waals surface area (Å²) in [7, 11) is 3.55. The monoisotopic (exact) mass is 384 g/mol. The Balaban J connectivity index is 0.00000243. The zero-order valence-corrected chi connectivity index (χ0v) is 16.3. The van der Waals surface area contributed by atoms with Gasteiger partial charge in [-0.1, -0.05) is 18.1 Å². The molecule has 1 aromatic heterocycles. The summed E-state index contributed by atoms with van der Waals surface area (Å²) < 4.78 is 1.80. The van der Waals surface area contributed by atoms with E-state index in [0.29, 0.717) is 18.3 Å². The lowest BCUT2D eigenvalue weighted by Gasteiger charge is -2.30. The van der Waals surface area contributed by atoms with E-state index in [-0.39, 0.29) is 24.2 Å². The molecular weight excluding hydrogens is 356 g/mol. The van der Waals surface area contributed by atoms with Gasteiger partial charge in [-0.25, -0.2) is 4.68 Å². The fourth-order valence-corrected chi connectivity index (χ4v) is 3.96. The molecule has 9 heteroatoms. The number of nitrogens with zero attached hydrogens (tertiary/aromatic N) is 4. The molecular formula is C17H29ClN6O2. The third kappa shape index (κ3) is 4.35. The van der Waals surface area contributed by atoms with Crippen LogP contribution in [0.2, 0.25) is 0 Å². The number of aromatic nitrogens is 3. The first-order valence-corrected chi connectivity index (χ1v) is 9.14. The highest BCUT2D eigenvalue weighted by atomic mass is 35.5. The van der Waals surface area contributed by atoms with Gasteiger partial charge in [0.2, 0.25) is 5.91 Å². The van der Waals surface area contributed by atoms with Gasteiger partial charge in [0.15, 0.2) is 5.69 Å². The van der Waals surface area contributed by atoms with Gasteiger partial charge in [-0.15, -0.1) is 17.5 Å². The van der Waals surface area contributed by atoms with Crippen LogP contribution in [0.3, 0.4) is 0 Å². The summed E-state index contributed by atoms with van der Waals surface area (Å²) in [6, 6.07) is 0.298. The largest absolute Gasteiger partial charge is 0.350 e. The zero-order chi connectivity index (χ0) is 17.9. The van der Waals surface area contributed by atoms with Gasteiger partial charge < -0.3 is 15.5 Å². The van der Waals surface area contributed by atoms with Crippen LogP contribution in [0.25, 0.3) is 0 Å². The van der Waals surface area contributed by atoms with Crippen molar-refractivity contribution in [1.29, 1.82) is 0 Å². The Hall–Kier alpha value is -1.67. The minimum Gasteiger partial charge on any atom is -0.350 e. The van der Waals surface area contributed by atoms with Gasteiger partial charge in [0.05, 0.1) is 17.7 Å². The quantitative estimate of drug-likeness (QED) is 0.790. The molecule has 26 heavy (non-hydrogen) atoms. The van der Waals surface area contributed by atoms with Crippen LogP contribution in [-0.2, 0) is 4.79 Å². The van der Waals surface area contributed by atoms with Crippen LogP contribution >= 0.6 is 12.4 Å². The van der Waals surface area contributed by atoms with E-state index in [9.17, 15) is 9.59 Å². The number of halogens is 1. The van der Waals surface area contributed by atoms with Gasteiger partial charge in [0.1, 0.15) is 0 Å². The Bertz CT molecular complexity index is 621. The average Bonchev–Trinajstić information content (AvgIpc) is 3.30. The highest BCUT2D eigenvalue weighted by molar-refractivity contribution is 5.92. The lowest BCUT2D eigenvalue weighted by molar-refractivity contribution is -0.138. The Labute approximate surface area is 160 Å². The Morgan fingerprint density at radius 2 is 1.96 bits per heavy atom. The molecule has 0 radical (unpaired) electrons. The second-order valence-electron chi connectivity index (χ2n) is 7.43. The number of amides is 2. The second kappa shape index (κ2) is 8.81. The number of carbonyl (C=O) groups excluding carboxylic acids is 2. The average molecular weight is 385 g/mol. The van der Waals surface area contributed by atoms with Crippen LogP contribution in [-0.4, -0.2) is 65.4 Å². The highest BCUT2D eigenvalue weighted by Gasteiger charge is 2.42. The predicted octanol–water partition coefficient (Wildman–Crippen LogP) is 1.00. The van der Waals surface area contributed by atoms with Gasteiger partial charge in [-0.05, 0) is 38.8 Å².